The van der Waals surface area contributed by atoms with E-state index in [0.717, 1.165) is 44.5 Å². The molecule has 2 aliphatic rings. The van der Waals surface area contributed by atoms with Gasteiger partial charge in [-0.1, -0.05) is 0 Å². The standard InChI is InChI=1S/C16H17NO4/c1-9-14(17-7-3-2-4-8-17)16(21)13-11(19)6-5-10(18)12(13)15(9)20/h5-6,20-21H,2-4,7-8H2,1H3. The Balaban J connectivity index is 2.24. The van der Waals surface area contributed by atoms with Crippen LogP contribution < -0.4 is 4.90 Å². The monoisotopic (exact) mass is 287 g/mol. The Morgan fingerprint density at radius 1 is 0.905 bits per heavy atom. The fourth-order valence-corrected chi connectivity index (χ4v) is 3.13. The van der Waals surface area contributed by atoms with Crippen LogP contribution in [0.3, 0.4) is 0 Å². The zero-order valence-corrected chi connectivity index (χ0v) is 11.8. The predicted octanol–water partition coefficient (Wildman–Crippen LogP) is 2.33. The minimum Gasteiger partial charge on any atom is -0.507 e. The molecule has 1 aromatic carbocycles. The molecule has 5 heteroatoms. The number of nitrogens with zero attached hydrogens (tertiary/aromatic N) is 1. The molecule has 2 N–H and O–H groups in total. The van der Waals surface area contributed by atoms with E-state index >= 15 is 0 Å². The van der Waals surface area contributed by atoms with Crippen molar-refractivity contribution in [3.05, 3.63) is 28.8 Å². The van der Waals surface area contributed by atoms with Gasteiger partial charge >= 0.3 is 0 Å². The van der Waals surface area contributed by atoms with Crippen molar-refractivity contribution in [3.8, 4) is 11.5 Å². The van der Waals surface area contributed by atoms with Crippen molar-refractivity contribution in [1.29, 1.82) is 0 Å². The van der Waals surface area contributed by atoms with E-state index in [1.807, 2.05) is 4.90 Å². The Hall–Kier alpha value is -2.30. The molecular weight excluding hydrogens is 270 g/mol. The summed E-state index contributed by atoms with van der Waals surface area (Å²) >= 11 is 0. The number of phenols is 2. The minimum atomic E-state index is -0.453. The van der Waals surface area contributed by atoms with Crippen LogP contribution in [-0.2, 0) is 0 Å². The van der Waals surface area contributed by atoms with Crippen molar-refractivity contribution in [2.75, 3.05) is 18.0 Å². The van der Waals surface area contributed by atoms with E-state index < -0.39 is 11.6 Å². The Morgan fingerprint density at radius 2 is 1.43 bits per heavy atom. The summed E-state index contributed by atoms with van der Waals surface area (Å²) in [5, 5.41) is 20.8. The van der Waals surface area contributed by atoms with Crippen LogP contribution in [0.4, 0.5) is 5.69 Å². The lowest BCUT2D eigenvalue weighted by Gasteiger charge is -2.32. The number of phenolic OH excluding ortho intramolecular Hbond substituents is 2. The predicted molar refractivity (Wildman–Crippen MR) is 78.4 cm³/mol. The quantitative estimate of drug-likeness (QED) is 0.775. The largest absolute Gasteiger partial charge is 0.507 e. The first-order chi connectivity index (χ1) is 10.0. The summed E-state index contributed by atoms with van der Waals surface area (Å²) in [6, 6.07) is 0. The van der Waals surface area contributed by atoms with Gasteiger partial charge in [-0.2, -0.15) is 0 Å². The van der Waals surface area contributed by atoms with Gasteiger partial charge in [0.05, 0.1) is 16.8 Å². The summed E-state index contributed by atoms with van der Waals surface area (Å²) in [4.78, 5) is 25.9. The topological polar surface area (TPSA) is 77.8 Å². The number of benzene rings is 1. The SMILES string of the molecule is Cc1c(O)c2c(c(O)c1N1CCCCC1)C(=O)C=CC2=O. The van der Waals surface area contributed by atoms with Gasteiger partial charge < -0.3 is 15.1 Å². The normalized spacial score (nSPS) is 18.0. The molecule has 1 fully saturated rings. The maximum atomic E-state index is 12.0. The first-order valence-corrected chi connectivity index (χ1v) is 7.12. The number of carbonyl (C=O) groups excluding carboxylic acids is 2. The number of carbonyl (C=O) groups is 2. The van der Waals surface area contributed by atoms with Gasteiger partial charge in [0.25, 0.3) is 0 Å². The number of hydrogen-bond acceptors (Lipinski definition) is 5. The summed E-state index contributed by atoms with van der Waals surface area (Å²) in [6.07, 6.45) is 5.41. The number of allylic oxidation sites excluding steroid dienone is 2. The smallest absolute Gasteiger partial charge is 0.190 e. The summed E-state index contributed by atoms with van der Waals surface area (Å²) < 4.78 is 0. The Morgan fingerprint density at radius 3 is 2.00 bits per heavy atom. The molecule has 0 unspecified atom stereocenters. The van der Waals surface area contributed by atoms with Crippen LogP contribution in [0.1, 0.15) is 45.5 Å². The summed E-state index contributed by atoms with van der Waals surface area (Å²) in [5.74, 6) is -1.29. The first kappa shape index (κ1) is 13.7. The molecule has 0 atom stereocenters. The number of piperidine rings is 1. The molecule has 0 amide bonds. The molecule has 1 saturated heterocycles. The molecule has 21 heavy (non-hydrogen) atoms. The summed E-state index contributed by atoms with van der Waals surface area (Å²) in [5.41, 5.74) is 0.761. The number of fused-ring (bicyclic) bond motifs is 1. The molecule has 0 radical (unpaired) electrons. The number of ketones is 2. The van der Waals surface area contributed by atoms with E-state index in [2.05, 4.69) is 0 Å². The molecule has 3 rings (SSSR count). The van der Waals surface area contributed by atoms with E-state index in [0.29, 0.717) is 11.3 Å². The number of hydrogen-bond donors (Lipinski definition) is 2. The lowest BCUT2D eigenvalue weighted by atomic mass is 9.89. The number of rotatable bonds is 1. The van der Waals surface area contributed by atoms with Crippen LogP contribution in [-0.4, -0.2) is 34.9 Å². The van der Waals surface area contributed by atoms with Gasteiger partial charge in [-0.3, -0.25) is 9.59 Å². The zero-order valence-electron chi connectivity index (χ0n) is 11.8. The summed E-state index contributed by atoms with van der Waals surface area (Å²) in [6.45, 7) is 3.20. The van der Waals surface area contributed by atoms with Gasteiger partial charge in [0, 0.05) is 18.7 Å². The molecule has 110 valence electrons. The third-order valence-electron chi connectivity index (χ3n) is 4.21. The van der Waals surface area contributed by atoms with Crippen LogP contribution in [0.25, 0.3) is 0 Å². The second-order valence-corrected chi connectivity index (χ2v) is 5.53. The molecule has 1 aliphatic carbocycles. The Labute approximate surface area is 122 Å². The third kappa shape index (κ3) is 2.00. The van der Waals surface area contributed by atoms with E-state index in [1.165, 1.54) is 0 Å². The molecule has 0 spiro atoms. The molecule has 1 heterocycles. The highest BCUT2D eigenvalue weighted by Gasteiger charge is 2.32. The molecule has 5 nitrogen and oxygen atoms in total. The molecular formula is C16H17NO4. The van der Waals surface area contributed by atoms with Gasteiger partial charge in [0.15, 0.2) is 17.3 Å². The van der Waals surface area contributed by atoms with Crippen molar-refractivity contribution in [1.82, 2.24) is 0 Å². The van der Waals surface area contributed by atoms with Gasteiger partial charge in [-0.15, -0.1) is 0 Å². The zero-order chi connectivity index (χ0) is 15.1. The molecule has 0 bridgehead atoms. The van der Waals surface area contributed by atoms with Gasteiger partial charge in [-0.05, 0) is 38.3 Å². The maximum absolute atomic E-state index is 12.0. The highest BCUT2D eigenvalue weighted by molar-refractivity contribution is 6.25. The number of aromatic hydroxyl groups is 2. The van der Waals surface area contributed by atoms with Crippen molar-refractivity contribution < 1.29 is 19.8 Å². The highest BCUT2D eigenvalue weighted by atomic mass is 16.3. The molecule has 1 aromatic rings. The highest BCUT2D eigenvalue weighted by Crippen LogP contribution is 2.45. The fourth-order valence-electron chi connectivity index (χ4n) is 3.13. The number of anilines is 1. The van der Waals surface area contributed by atoms with Crippen molar-refractivity contribution >= 4 is 17.3 Å². The second-order valence-electron chi connectivity index (χ2n) is 5.53. The summed E-state index contributed by atoms with van der Waals surface area (Å²) in [7, 11) is 0. The van der Waals surface area contributed by atoms with E-state index in [4.69, 9.17) is 0 Å². The van der Waals surface area contributed by atoms with Crippen molar-refractivity contribution in [2.45, 2.75) is 26.2 Å². The van der Waals surface area contributed by atoms with Crippen LogP contribution >= 0.6 is 0 Å². The second kappa shape index (κ2) is 4.91. The lowest BCUT2D eigenvalue weighted by molar-refractivity contribution is 0.0989. The molecule has 1 aliphatic heterocycles. The van der Waals surface area contributed by atoms with Crippen molar-refractivity contribution in [2.24, 2.45) is 0 Å². The van der Waals surface area contributed by atoms with Gasteiger partial charge in [-0.25, -0.2) is 0 Å². The lowest BCUT2D eigenvalue weighted by Crippen LogP contribution is -2.30. The van der Waals surface area contributed by atoms with Crippen LogP contribution in [0.2, 0.25) is 0 Å². The minimum absolute atomic E-state index is 0.0776. The van der Waals surface area contributed by atoms with Gasteiger partial charge in [0.2, 0.25) is 0 Å². The van der Waals surface area contributed by atoms with Crippen molar-refractivity contribution in [3.63, 3.8) is 0 Å². The van der Waals surface area contributed by atoms with E-state index in [9.17, 15) is 19.8 Å². The average Bonchev–Trinajstić information content (AvgIpc) is 2.48. The third-order valence-corrected chi connectivity index (χ3v) is 4.21. The average molecular weight is 287 g/mol. The fraction of sp³-hybridized carbons (Fsp3) is 0.375. The van der Waals surface area contributed by atoms with Crippen LogP contribution in [0.15, 0.2) is 12.2 Å². The van der Waals surface area contributed by atoms with Crippen LogP contribution in [0, 0.1) is 6.92 Å². The van der Waals surface area contributed by atoms with Gasteiger partial charge in [0.1, 0.15) is 5.75 Å². The first-order valence-electron chi connectivity index (χ1n) is 7.12. The van der Waals surface area contributed by atoms with E-state index in [1.54, 1.807) is 6.92 Å². The molecule has 0 aromatic heterocycles. The van der Waals surface area contributed by atoms with E-state index in [-0.39, 0.29) is 22.6 Å². The Kier molecular flexibility index (Phi) is 3.20. The Bertz CT molecular complexity index is 670. The molecule has 0 saturated carbocycles. The van der Waals surface area contributed by atoms with Crippen LogP contribution in [0.5, 0.6) is 11.5 Å². The maximum Gasteiger partial charge on any atom is 0.190 e.